The van der Waals surface area contributed by atoms with E-state index in [1.54, 1.807) is 6.07 Å². The Balaban J connectivity index is 1.79. The Kier molecular flexibility index (Phi) is 4.76. The summed E-state index contributed by atoms with van der Waals surface area (Å²) in [5.74, 6) is -0.755. The number of nitrogens with zero attached hydrogens (tertiary/aromatic N) is 1. The van der Waals surface area contributed by atoms with Crippen molar-refractivity contribution in [2.45, 2.75) is 18.9 Å². The van der Waals surface area contributed by atoms with E-state index in [4.69, 9.17) is 10.8 Å². The molecule has 0 aliphatic heterocycles. The van der Waals surface area contributed by atoms with Crippen molar-refractivity contribution in [3.8, 4) is 11.4 Å². The number of imidazole rings is 1. The predicted molar refractivity (Wildman–Crippen MR) is 95.0 cm³/mol. The molecule has 0 bridgehead atoms. The normalized spacial score (nSPS) is 12.0. The molecule has 0 spiro atoms. The second-order valence-electron chi connectivity index (χ2n) is 5.68. The average molecular weight is 338 g/mol. The first-order valence-corrected chi connectivity index (χ1v) is 7.87. The summed E-state index contributed by atoms with van der Waals surface area (Å²) in [5, 5.41) is 11.6. The summed E-state index contributed by atoms with van der Waals surface area (Å²) in [6.07, 6.45) is 0.107. The van der Waals surface area contributed by atoms with E-state index < -0.39 is 12.0 Å². The molecular formula is C18H18N4O3. The van der Waals surface area contributed by atoms with Crippen LogP contribution in [-0.4, -0.2) is 33.0 Å². The molecule has 25 heavy (non-hydrogen) atoms. The third-order valence-electron chi connectivity index (χ3n) is 3.85. The maximum Gasteiger partial charge on any atom is 0.320 e. The summed E-state index contributed by atoms with van der Waals surface area (Å²) in [4.78, 5) is 30.6. The number of amides is 1. The SMILES string of the molecule is N[C@@H](CCC(=O)Nc1ccccc1-c1nc2ccccc2[nH]1)C(=O)O. The van der Waals surface area contributed by atoms with Crippen molar-refractivity contribution in [2.75, 3.05) is 5.32 Å². The number of carbonyl (C=O) groups excluding carboxylic acids is 1. The zero-order valence-electron chi connectivity index (χ0n) is 13.4. The summed E-state index contributed by atoms with van der Waals surface area (Å²) >= 11 is 0. The van der Waals surface area contributed by atoms with E-state index in [9.17, 15) is 9.59 Å². The van der Waals surface area contributed by atoms with Gasteiger partial charge in [-0.15, -0.1) is 0 Å². The fourth-order valence-corrected chi connectivity index (χ4v) is 2.50. The number of nitrogens with two attached hydrogens (primary N) is 1. The molecule has 0 radical (unpaired) electrons. The summed E-state index contributed by atoms with van der Waals surface area (Å²) in [6.45, 7) is 0. The van der Waals surface area contributed by atoms with Crippen LogP contribution < -0.4 is 11.1 Å². The van der Waals surface area contributed by atoms with Gasteiger partial charge < -0.3 is 21.1 Å². The molecule has 128 valence electrons. The average Bonchev–Trinajstić information content (AvgIpc) is 3.04. The van der Waals surface area contributed by atoms with Crippen molar-refractivity contribution in [2.24, 2.45) is 5.73 Å². The Bertz CT molecular complexity index is 886. The van der Waals surface area contributed by atoms with Crippen LogP contribution in [0.5, 0.6) is 0 Å². The predicted octanol–water partition coefficient (Wildman–Crippen LogP) is 2.36. The highest BCUT2D eigenvalue weighted by atomic mass is 16.4. The molecule has 0 aliphatic carbocycles. The van der Waals surface area contributed by atoms with Crippen LogP contribution in [0.4, 0.5) is 5.69 Å². The number of hydrogen-bond acceptors (Lipinski definition) is 4. The molecule has 0 unspecified atom stereocenters. The van der Waals surface area contributed by atoms with Gasteiger partial charge in [0.05, 0.1) is 16.7 Å². The Morgan fingerprint density at radius 1 is 1.16 bits per heavy atom. The van der Waals surface area contributed by atoms with Gasteiger partial charge in [0.1, 0.15) is 11.9 Å². The van der Waals surface area contributed by atoms with Gasteiger partial charge in [0, 0.05) is 12.0 Å². The second kappa shape index (κ2) is 7.14. The van der Waals surface area contributed by atoms with E-state index >= 15 is 0 Å². The van der Waals surface area contributed by atoms with Crippen LogP contribution in [0.1, 0.15) is 12.8 Å². The first-order valence-electron chi connectivity index (χ1n) is 7.87. The number of rotatable bonds is 6. The minimum Gasteiger partial charge on any atom is -0.480 e. The first kappa shape index (κ1) is 16.7. The highest BCUT2D eigenvalue weighted by molar-refractivity contribution is 5.95. The lowest BCUT2D eigenvalue weighted by Gasteiger charge is -2.10. The number of carboxylic acids is 1. The van der Waals surface area contributed by atoms with Gasteiger partial charge in [-0.05, 0) is 30.7 Å². The minimum absolute atomic E-state index is 0.0297. The molecule has 1 heterocycles. The van der Waals surface area contributed by atoms with Gasteiger partial charge in [-0.25, -0.2) is 4.98 Å². The highest BCUT2D eigenvalue weighted by Gasteiger charge is 2.15. The molecular weight excluding hydrogens is 320 g/mol. The number of nitrogens with one attached hydrogen (secondary N) is 2. The maximum atomic E-state index is 12.1. The molecule has 3 aromatic rings. The molecule has 1 amide bonds. The topological polar surface area (TPSA) is 121 Å². The molecule has 0 saturated heterocycles. The van der Waals surface area contributed by atoms with Crippen molar-refractivity contribution >= 4 is 28.6 Å². The van der Waals surface area contributed by atoms with E-state index in [0.29, 0.717) is 11.5 Å². The van der Waals surface area contributed by atoms with Crippen molar-refractivity contribution in [3.05, 3.63) is 48.5 Å². The highest BCUT2D eigenvalue weighted by Crippen LogP contribution is 2.27. The number of fused-ring (bicyclic) bond motifs is 1. The number of aliphatic carboxylic acids is 1. The zero-order chi connectivity index (χ0) is 17.8. The summed E-state index contributed by atoms with van der Waals surface area (Å²) in [7, 11) is 0. The number of aromatic nitrogens is 2. The lowest BCUT2D eigenvalue weighted by atomic mass is 10.1. The largest absolute Gasteiger partial charge is 0.480 e. The first-order chi connectivity index (χ1) is 12.0. The number of H-pyrrole nitrogens is 1. The molecule has 3 rings (SSSR count). The number of para-hydroxylation sites is 3. The Hall–Kier alpha value is -3.19. The van der Waals surface area contributed by atoms with Crippen LogP contribution in [0.3, 0.4) is 0 Å². The van der Waals surface area contributed by atoms with Gasteiger partial charge in [-0.3, -0.25) is 9.59 Å². The molecule has 0 aliphatic rings. The quantitative estimate of drug-likeness (QED) is 0.550. The lowest BCUT2D eigenvalue weighted by molar-refractivity contribution is -0.138. The molecule has 0 fully saturated rings. The second-order valence-corrected chi connectivity index (χ2v) is 5.68. The number of aromatic amines is 1. The molecule has 1 atom stereocenters. The summed E-state index contributed by atoms with van der Waals surface area (Å²) in [5.41, 5.74) is 8.54. The number of hydrogen-bond donors (Lipinski definition) is 4. The molecule has 7 heteroatoms. The third-order valence-corrected chi connectivity index (χ3v) is 3.85. The monoisotopic (exact) mass is 338 g/mol. The van der Waals surface area contributed by atoms with E-state index in [0.717, 1.165) is 16.6 Å². The Labute approximate surface area is 143 Å². The number of benzene rings is 2. The standard InChI is InChI=1S/C18H18N4O3/c19-12(18(24)25)9-10-16(23)20-13-6-2-1-5-11(13)17-21-14-7-3-4-8-15(14)22-17/h1-8,12H,9-10,19H2,(H,20,23)(H,21,22)(H,24,25)/t12-/m0/s1. The third kappa shape index (κ3) is 3.84. The van der Waals surface area contributed by atoms with Crippen LogP contribution in [0.25, 0.3) is 22.4 Å². The summed E-state index contributed by atoms with van der Waals surface area (Å²) in [6, 6.07) is 13.9. The van der Waals surface area contributed by atoms with Gasteiger partial charge in [0.15, 0.2) is 0 Å². The van der Waals surface area contributed by atoms with Gasteiger partial charge >= 0.3 is 5.97 Å². The van der Waals surface area contributed by atoms with Crippen LogP contribution in [-0.2, 0) is 9.59 Å². The van der Waals surface area contributed by atoms with Crippen molar-refractivity contribution in [1.82, 2.24) is 9.97 Å². The Morgan fingerprint density at radius 2 is 1.88 bits per heavy atom. The molecule has 0 saturated carbocycles. The van der Waals surface area contributed by atoms with Crippen LogP contribution in [0.2, 0.25) is 0 Å². The van der Waals surface area contributed by atoms with Gasteiger partial charge in [0.2, 0.25) is 5.91 Å². The van der Waals surface area contributed by atoms with Gasteiger partial charge in [-0.2, -0.15) is 0 Å². The number of carboxylic acid groups (broad SMARTS) is 1. The smallest absolute Gasteiger partial charge is 0.320 e. The van der Waals surface area contributed by atoms with Gasteiger partial charge in [-0.1, -0.05) is 24.3 Å². The molecule has 7 nitrogen and oxygen atoms in total. The van der Waals surface area contributed by atoms with E-state index in [2.05, 4.69) is 15.3 Å². The molecule has 1 aromatic heterocycles. The maximum absolute atomic E-state index is 12.1. The van der Waals surface area contributed by atoms with Crippen LogP contribution in [0, 0.1) is 0 Å². The van der Waals surface area contributed by atoms with Crippen LogP contribution >= 0.6 is 0 Å². The molecule has 2 aromatic carbocycles. The van der Waals surface area contributed by atoms with Crippen molar-refractivity contribution in [1.29, 1.82) is 0 Å². The fourth-order valence-electron chi connectivity index (χ4n) is 2.50. The van der Waals surface area contributed by atoms with E-state index in [1.165, 1.54) is 0 Å². The minimum atomic E-state index is -1.12. The number of carbonyl (C=O) groups is 2. The summed E-state index contributed by atoms with van der Waals surface area (Å²) < 4.78 is 0. The Morgan fingerprint density at radius 3 is 2.64 bits per heavy atom. The fraction of sp³-hybridized carbons (Fsp3) is 0.167. The lowest BCUT2D eigenvalue weighted by Crippen LogP contribution is -2.31. The molecule has 5 N–H and O–H groups in total. The zero-order valence-corrected chi connectivity index (χ0v) is 13.4. The van der Waals surface area contributed by atoms with Crippen molar-refractivity contribution < 1.29 is 14.7 Å². The number of anilines is 1. The van der Waals surface area contributed by atoms with Gasteiger partial charge in [0.25, 0.3) is 0 Å². The van der Waals surface area contributed by atoms with E-state index in [1.807, 2.05) is 42.5 Å². The van der Waals surface area contributed by atoms with Crippen LogP contribution in [0.15, 0.2) is 48.5 Å². The van der Waals surface area contributed by atoms with Crippen molar-refractivity contribution in [3.63, 3.8) is 0 Å². The van der Waals surface area contributed by atoms with E-state index in [-0.39, 0.29) is 18.7 Å².